The Bertz CT molecular complexity index is 1200. The number of likely N-dealkylation sites (tertiary alicyclic amines) is 1. The van der Waals surface area contributed by atoms with Crippen LogP contribution in [0.3, 0.4) is 0 Å². The van der Waals surface area contributed by atoms with Crippen LogP contribution in [0.1, 0.15) is 63.6 Å². The van der Waals surface area contributed by atoms with Gasteiger partial charge in [-0.1, -0.05) is 67.1 Å². The van der Waals surface area contributed by atoms with E-state index in [2.05, 4.69) is 78.6 Å². The van der Waals surface area contributed by atoms with E-state index in [1.165, 1.54) is 42.6 Å². The molecule has 1 heterocycles. The first-order chi connectivity index (χ1) is 18.3. The summed E-state index contributed by atoms with van der Waals surface area (Å²) >= 11 is 0. The highest BCUT2D eigenvalue weighted by Crippen LogP contribution is 2.33. The van der Waals surface area contributed by atoms with Gasteiger partial charge < -0.3 is 9.47 Å². The SMILES string of the molecule is CC/C(Cc1ccccc1)=C(/c1ccc(OCCN2CCCC2)cc1)c1ccc(OC(=O)C(C)(C)C)cc1. The van der Waals surface area contributed by atoms with E-state index in [1.54, 1.807) is 0 Å². The maximum Gasteiger partial charge on any atom is 0.316 e. The molecule has 0 spiro atoms. The first kappa shape index (κ1) is 27.7. The molecule has 200 valence electrons. The molecule has 4 nitrogen and oxygen atoms in total. The standard InChI is InChI=1S/C34H41NO3/c1-5-27(25-26-11-7-6-8-12-26)32(29-15-19-31(20-16-29)38-33(36)34(2,3)4)28-13-17-30(18-14-28)37-24-23-35-21-9-10-22-35/h6-8,11-20H,5,9-10,21-25H2,1-4H3/b32-27+. The van der Waals surface area contributed by atoms with E-state index < -0.39 is 5.41 Å². The van der Waals surface area contributed by atoms with Crippen molar-refractivity contribution in [1.29, 1.82) is 0 Å². The third-order valence-electron chi connectivity index (χ3n) is 7.02. The Morgan fingerprint density at radius 3 is 1.95 bits per heavy atom. The van der Waals surface area contributed by atoms with E-state index >= 15 is 0 Å². The zero-order chi connectivity index (χ0) is 27.0. The largest absolute Gasteiger partial charge is 0.492 e. The molecule has 1 saturated heterocycles. The summed E-state index contributed by atoms with van der Waals surface area (Å²) in [5, 5.41) is 0. The van der Waals surface area contributed by atoms with Gasteiger partial charge in [-0.15, -0.1) is 0 Å². The minimum Gasteiger partial charge on any atom is -0.492 e. The highest BCUT2D eigenvalue weighted by molar-refractivity contribution is 5.83. The Labute approximate surface area is 228 Å². The third kappa shape index (κ3) is 7.58. The van der Waals surface area contributed by atoms with Crippen molar-refractivity contribution in [3.63, 3.8) is 0 Å². The van der Waals surface area contributed by atoms with Crippen molar-refractivity contribution in [2.24, 2.45) is 5.41 Å². The molecule has 0 atom stereocenters. The van der Waals surface area contributed by atoms with Crippen LogP contribution < -0.4 is 9.47 Å². The maximum atomic E-state index is 12.4. The van der Waals surface area contributed by atoms with E-state index in [1.807, 2.05) is 32.9 Å². The Morgan fingerprint density at radius 1 is 0.816 bits per heavy atom. The summed E-state index contributed by atoms with van der Waals surface area (Å²) in [6, 6.07) is 27.0. The van der Waals surface area contributed by atoms with Crippen LogP contribution in [0.25, 0.3) is 5.57 Å². The van der Waals surface area contributed by atoms with Gasteiger partial charge in [0, 0.05) is 6.54 Å². The first-order valence-electron chi connectivity index (χ1n) is 13.9. The molecule has 3 aromatic carbocycles. The second-order valence-corrected chi connectivity index (χ2v) is 11.1. The second kappa shape index (κ2) is 12.9. The molecule has 1 aliphatic rings. The van der Waals surface area contributed by atoms with Crippen LogP contribution in [0, 0.1) is 5.41 Å². The van der Waals surface area contributed by atoms with Gasteiger partial charge in [0.25, 0.3) is 0 Å². The summed E-state index contributed by atoms with van der Waals surface area (Å²) in [4.78, 5) is 14.8. The van der Waals surface area contributed by atoms with E-state index in [9.17, 15) is 4.79 Å². The number of benzene rings is 3. The fourth-order valence-electron chi connectivity index (χ4n) is 4.77. The van der Waals surface area contributed by atoms with Crippen molar-refractivity contribution in [2.45, 2.75) is 53.4 Å². The van der Waals surface area contributed by atoms with Gasteiger partial charge >= 0.3 is 5.97 Å². The van der Waals surface area contributed by atoms with Crippen LogP contribution in [0.2, 0.25) is 0 Å². The number of ether oxygens (including phenoxy) is 2. The summed E-state index contributed by atoms with van der Waals surface area (Å²) in [6.45, 7) is 11.9. The fraction of sp³-hybridized carbons (Fsp3) is 0.382. The molecule has 0 saturated carbocycles. The Morgan fingerprint density at radius 2 is 1.39 bits per heavy atom. The number of nitrogens with zero attached hydrogens (tertiary/aromatic N) is 1. The molecule has 0 radical (unpaired) electrons. The van der Waals surface area contributed by atoms with Gasteiger partial charge in [0.15, 0.2) is 0 Å². The molecule has 0 amide bonds. The van der Waals surface area contributed by atoms with Crippen LogP contribution >= 0.6 is 0 Å². The number of esters is 1. The molecule has 0 unspecified atom stereocenters. The first-order valence-corrected chi connectivity index (χ1v) is 13.9. The van der Waals surface area contributed by atoms with Gasteiger partial charge in [0.05, 0.1) is 5.41 Å². The summed E-state index contributed by atoms with van der Waals surface area (Å²) < 4.78 is 11.7. The number of rotatable bonds is 10. The molecule has 0 aliphatic carbocycles. The number of carbonyl (C=O) groups excluding carboxylic acids is 1. The van der Waals surface area contributed by atoms with Crippen molar-refractivity contribution in [3.8, 4) is 11.5 Å². The van der Waals surface area contributed by atoms with Gasteiger partial charge in [0.2, 0.25) is 0 Å². The van der Waals surface area contributed by atoms with Crippen molar-refractivity contribution >= 4 is 11.5 Å². The summed E-state index contributed by atoms with van der Waals surface area (Å²) in [5.41, 5.74) is 5.58. The maximum absolute atomic E-state index is 12.4. The minimum absolute atomic E-state index is 0.236. The number of allylic oxidation sites excluding steroid dienone is 1. The van der Waals surface area contributed by atoms with Crippen LogP contribution in [-0.4, -0.2) is 37.1 Å². The second-order valence-electron chi connectivity index (χ2n) is 11.1. The lowest BCUT2D eigenvalue weighted by atomic mass is 9.88. The van der Waals surface area contributed by atoms with E-state index in [4.69, 9.17) is 9.47 Å². The smallest absolute Gasteiger partial charge is 0.316 e. The van der Waals surface area contributed by atoms with Crippen molar-refractivity contribution in [2.75, 3.05) is 26.2 Å². The highest BCUT2D eigenvalue weighted by atomic mass is 16.5. The van der Waals surface area contributed by atoms with E-state index in [0.717, 1.165) is 36.3 Å². The Balaban J connectivity index is 1.59. The Hall–Kier alpha value is -3.37. The summed E-state index contributed by atoms with van der Waals surface area (Å²) in [5.74, 6) is 1.23. The molecule has 0 N–H and O–H groups in total. The molecule has 0 bridgehead atoms. The number of hydrogen-bond donors (Lipinski definition) is 0. The molecule has 1 fully saturated rings. The minimum atomic E-state index is -0.549. The molecule has 3 aromatic rings. The molecule has 1 aliphatic heterocycles. The molecular formula is C34H41NO3. The van der Waals surface area contributed by atoms with E-state index in [-0.39, 0.29) is 5.97 Å². The molecule has 38 heavy (non-hydrogen) atoms. The van der Waals surface area contributed by atoms with Crippen molar-refractivity contribution in [1.82, 2.24) is 4.90 Å². The van der Waals surface area contributed by atoms with Crippen molar-refractivity contribution in [3.05, 3.63) is 101 Å². The van der Waals surface area contributed by atoms with Crippen LogP contribution in [0.5, 0.6) is 11.5 Å². The fourth-order valence-corrected chi connectivity index (χ4v) is 4.77. The normalized spacial score (nSPS) is 14.7. The molecule has 4 heteroatoms. The zero-order valence-corrected chi connectivity index (χ0v) is 23.3. The lowest BCUT2D eigenvalue weighted by Crippen LogP contribution is -2.25. The number of hydrogen-bond acceptors (Lipinski definition) is 4. The van der Waals surface area contributed by atoms with Crippen molar-refractivity contribution < 1.29 is 14.3 Å². The van der Waals surface area contributed by atoms with Gasteiger partial charge in [-0.2, -0.15) is 0 Å². The molecule has 0 aromatic heterocycles. The quantitative estimate of drug-likeness (QED) is 0.208. The number of carbonyl (C=O) groups is 1. The topological polar surface area (TPSA) is 38.8 Å². The van der Waals surface area contributed by atoms with Crippen LogP contribution in [-0.2, 0) is 11.2 Å². The summed E-state index contributed by atoms with van der Waals surface area (Å²) in [6.07, 6.45) is 4.40. The van der Waals surface area contributed by atoms with Gasteiger partial charge in [0.1, 0.15) is 18.1 Å². The van der Waals surface area contributed by atoms with Gasteiger partial charge in [-0.25, -0.2) is 0 Å². The zero-order valence-electron chi connectivity index (χ0n) is 23.3. The summed E-state index contributed by atoms with van der Waals surface area (Å²) in [7, 11) is 0. The Kier molecular flexibility index (Phi) is 9.41. The van der Waals surface area contributed by atoms with Crippen LogP contribution in [0.15, 0.2) is 84.4 Å². The lowest BCUT2D eigenvalue weighted by molar-refractivity contribution is -0.142. The highest BCUT2D eigenvalue weighted by Gasteiger charge is 2.24. The average Bonchev–Trinajstić information content (AvgIpc) is 3.44. The predicted octanol–water partition coefficient (Wildman–Crippen LogP) is 7.57. The van der Waals surface area contributed by atoms with Gasteiger partial charge in [-0.3, -0.25) is 9.69 Å². The monoisotopic (exact) mass is 511 g/mol. The predicted molar refractivity (Wildman–Crippen MR) is 156 cm³/mol. The lowest BCUT2D eigenvalue weighted by Gasteiger charge is -2.19. The van der Waals surface area contributed by atoms with Crippen LogP contribution in [0.4, 0.5) is 0 Å². The molecule has 4 rings (SSSR count). The van der Waals surface area contributed by atoms with Gasteiger partial charge in [-0.05, 0) is 106 Å². The average molecular weight is 512 g/mol. The third-order valence-corrected chi connectivity index (χ3v) is 7.02. The van der Waals surface area contributed by atoms with E-state index in [0.29, 0.717) is 12.4 Å². The molecular weight excluding hydrogens is 470 g/mol.